The second kappa shape index (κ2) is 7.70. The number of hydrogen-bond donors (Lipinski definition) is 1. The lowest BCUT2D eigenvalue weighted by Crippen LogP contribution is -2.12. The number of nitrogens with one attached hydrogen (secondary N) is 1. The van der Waals surface area contributed by atoms with Crippen LogP contribution in [-0.2, 0) is 13.1 Å². The fourth-order valence-electron chi connectivity index (χ4n) is 2.28. The minimum atomic E-state index is 0.697. The third kappa shape index (κ3) is 4.80. The van der Waals surface area contributed by atoms with E-state index >= 15 is 0 Å². The van der Waals surface area contributed by atoms with Crippen LogP contribution >= 0.6 is 0 Å². The number of rotatable bonds is 7. The molecule has 21 heavy (non-hydrogen) atoms. The molecule has 0 fully saturated rings. The van der Waals surface area contributed by atoms with Crippen LogP contribution in [0.3, 0.4) is 0 Å². The lowest BCUT2D eigenvalue weighted by molar-refractivity contribution is 0.340. The van der Waals surface area contributed by atoms with Crippen molar-refractivity contribution in [2.45, 2.75) is 20.0 Å². The van der Waals surface area contributed by atoms with Crippen molar-refractivity contribution in [1.29, 1.82) is 0 Å². The molecule has 0 saturated carbocycles. The van der Waals surface area contributed by atoms with Gasteiger partial charge in [0.2, 0.25) is 0 Å². The summed E-state index contributed by atoms with van der Waals surface area (Å²) in [5, 5.41) is 3.52. The van der Waals surface area contributed by atoms with Crippen molar-refractivity contribution in [1.82, 2.24) is 4.90 Å². The molecule has 3 heteroatoms. The molecule has 2 rings (SSSR count). The second-order valence-corrected chi connectivity index (χ2v) is 5.33. The first-order chi connectivity index (χ1) is 10.2. The second-order valence-electron chi connectivity index (χ2n) is 5.33. The quantitative estimate of drug-likeness (QED) is 0.838. The average molecular weight is 284 g/mol. The van der Waals surface area contributed by atoms with Gasteiger partial charge in [-0.15, -0.1) is 0 Å². The number of anilines is 1. The number of ether oxygens (including phenoxy) is 1. The van der Waals surface area contributed by atoms with Crippen LogP contribution in [0, 0.1) is 0 Å². The van der Waals surface area contributed by atoms with Crippen molar-refractivity contribution >= 4 is 5.69 Å². The molecule has 0 saturated heterocycles. The Balaban J connectivity index is 2.04. The summed E-state index contributed by atoms with van der Waals surface area (Å²) in [5.74, 6) is 0.929. The van der Waals surface area contributed by atoms with E-state index in [-0.39, 0.29) is 0 Å². The first-order valence-electron chi connectivity index (χ1n) is 7.37. The summed E-state index contributed by atoms with van der Waals surface area (Å²) in [6, 6.07) is 16.7. The van der Waals surface area contributed by atoms with Crippen LogP contribution in [0.4, 0.5) is 5.69 Å². The van der Waals surface area contributed by atoms with E-state index in [0.717, 1.165) is 18.8 Å². The topological polar surface area (TPSA) is 24.5 Å². The van der Waals surface area contributed by atoms with Crippen molar-refractivity contribution in [2.75, 3.05) is 26.0 Å². The molecule has 0 aliphatic rings. The van der Waals surface area contributed by atoms with Gasteiger partial charge in [0.25, 0.3) is 0 Å². The van der Waals surface area contributed by atoms with Crippen LogP contribution in [-0.4, -0.2) is 25.6 Å². The molecule has 3 nitrogen and oxygen atoms in total. The van der Waals surface area contributed by atoms with Crippen LogP contribution in [0.1, 0.15) is 18.1 Å². The van der Waals surface area contributed by atoms with Gasteiger partial charge in [0, 0.05) is 18.8 Å². The van der Waals surface area contributed by atoms with Crippen LogP contribution < -0.4 is 10.1 Å². The van der Waals surface area contributed by atoms with Crippen molar-refractivity contribution in [3.63, 3.8) is 0 Å². The molecule has 0 amide bonds. The van der Waals surface area contributed by atoms with Crippen molar-refractivity contribution in [3.8, 4) is 5.75 Å². The molecule has 0 unspecified atom stereocenters. The summed E-state index contributed by atoms with van der Waals surface area (Å²) in [5.41, 5.74) is 3.72. The minimum Gasteiger partial charge on any atom is -0.494 e. The van der Waals surface area contributed by atoms with Gasteiger partial charge in [-0.25, -0.2) is 0 Å². The first kappa shape index (κ1) is 15.4. The molecule has 0 aromatic heterocycles. The fourth-order valence-corrected chi connectivity index (χ4v) is 2.28. The van der Waals surface area contributed by atoms with Crippen molar-refractivity contribution in [2.24, 2.45) is 0 Å². The van der Waals surface area contributed by atoms with E-state index in [0.29, 0.717) is 6.61 Å². The molecule has 0 spiro atoms. The molecule has 2 aromatic carbocycles. The highest BCUT2D eigenvalue weighted by Crippen LogP contribution is 2.19. The highest BCUT2D eigenvalue weighted by Gasteiger charge is 2.03. The third-order valence-corrected chi connectivity index (χ3v) is 3.20. The van der Waals surface area contributed by atoms with Crippen molar-refractivity contribution < 1.29 is 4.74 Å². The Kier molecular flexibility index (Phi) is 5.64. The summed E-state index contributed by atoms with van der Waals surface area (Å²) in [6.45, 7) is 4.43. The maximum absolute atomic E-state index is 5.54. The van der Waals surface area contributed by atoms with Gasteiger partial charge < -0.3 is 15.0 Å². The summed E-state index contributed by atoms with van der Waals surface area (Å²) < 4.78 is 5.54. The molecule has 2 aromatic rings. The van der Waals surface area contributed by atoms with Gasteiger partial charge in [0.05, 0.1) is 6.61 Å². The highest BCUT2D eigenvalue weighted by molar-refractivity contribution is 5.51. The Morgan fingerprint density at radius 3 is 2.62 bits per heavy atom. The largest absolute Gasteiger partial charge is 0.494 e. The molecule has 0 aliphatic heterocycles. The van der Waals surface area contributed by atoms with Gasteiger partial charge in [-0.2, -0.15) is 0 Å². The van der Waals surface area contributed by atoms with Crippen LogP contribution in [0.2, 0.25) is 0 Å². The van der Waals surface area contributed by atoms with Gasteiger partial charge in [-0.05, 0) is 50.3 Å². The van der Waals surface area contributed by atoms with Gasteiger partial charge in [-0.3, -0.25) is 0 Å². The monoisotopic (exact) mass is 284 g/mol. The summed E-state index contributed by atoms with van der Waals surface area (Å²) in [7, 11) is 4.17. The lowest BCUT2D eigenvalue weighted by atomic mass is 10.1. The predicted molar refractivity (Wildman–Crippen MR) is 88.8 cm³/mol. The van der Waals surface area contributed by atoms with Crippen LogP contribution in [0.25, 0.3) is 0 Å². The van der Waals surface area contributed by atoms with E-state index in [1.807, 2.05) is 19.1 Å². The molecular formula is C18H24N2O. The average Bonchev–Trinajstić information content (AvgIpc) is 2.47. The Labute approximate surface area is 127 Å². The number of hydrogen-bond acceptors (Lipinski definition) is 3. The first-order valence-corrected chi connectivity index (χ1v) is 7.37. The fraction of sp³-hybridized carbons (Fsp3) is 0.333. The van der Waals surface area contributed by atoms with E-state index in [9.17, 15) is 0 Å². The maximum Gasteiger partial charge on any atom is 0.119 e. The van der Waals surface area contributed by atoms with E-state index in [1.54, 1.807) is 0 Å². The molecule has 1 N–H and O–H groups in total. The zero-order valence-corrected chi connectivity index (χ0v) is 13.1. The molecular weight excluding hydrogens is 260 g/mol. The number of para-hydroxylation sites is 1. The predicted octanol–water partition coefficient (Wildman–Crippen LogP) is 3.76. The van der Waals surface area contributed by atoms with Crippen LogP contribution in [0.5, 0.6) is 5.75 Å². The van der Waals surface area contributed by atoms with Gasteiger partial charge in [0.15, 0.2) is 0 Å². The van der Waals surface area contributed by atoms with Gasteiger partial charge in [0.1, 0.15) is 5.75 Å². The third-order valence-electron chi connectivity index (χ3n) is 3.20. The maximum atomic E-state index is 5.54. The zero-order chi connectivity index (χ0) is 15.1. The van der Waals surface area contributed by atoms with Gasteiger partial charge in [-0.1, -0.05) is 30.3 Å². The molecule has 112 valence electrons. The lowest BCUT2D eigenvalue weighted by Gasteiger charge is -2.16. The normalized spacial score (nSPS) is 10.7. The number of nitrogens with zero attached hydrogens (tertiary/aromatic N) is 1. The Bertz CT molecular complexity index is 567. The molecule has 0 aliphatic carbocycles. The zero-order valence-electron chi connectivity index (χ0n) is 13.1. The smallest absolute Gasteiger partial charge is 0.119 e. The minimum absolute atomic E-state index is 0.697. The molecule has 0 atom stereocenters. The molecule has 0 radical (unpaired) electrons. The van der Waals surface area contributed by atoms with Crippen LogP contribution in [0.15, 0.2) is 48.5 Å². The molecule has 0 heterocycles. The Morgan fingerprint density at radius 2 is 1.86 bits per heavy atom. The summed E-state index contributed by atoms with van der Waals surface area (Å²) in [6.07, 6.45) is 0. The standard InChI is InChI=1S/C18H24N2O/c1-4-21-17-10-7-8-15(12-17)13-19-18-11-6-5-9-16(18)14-20(2)3/h5-12,19H,4,13-14H2,1-3H3. The van der Waals surface area contributed by atoms with Gasteiger partial charge >= 0.3 is 0 Å². The van der Waals surface area contributed by atoms with Crippen molar-refractivity contribution in [3.05, 3.63) is 59.7 Å². The highest BCUT2D eigenvalue weighted by atomic mass is 16.5. The Morgan fingerprint density at radius 1 is 1.05 bits per heavy atom. The summed E-state index contributed by atoms with van der Waals surface area (Å²) >= 11 is 0. The summed E-state index contributed by atoms with van der Waals surface area (Å²) in [4.78, 5) is 2.18. The SMILES string of the molecule is CCOc1cccc(CNc2ccccc2CN(C)C)c1. The number of benzene rings is 2. The molecule has 0 bridgehead atoms. The van der Waals surface area contributed by atoms with E-state index in [4.69, 9.17) is 4.74 Å². The Hall–Kier alpha value is -2.00. The van der Waals surface area contributed by atoms with E-state index < -0.39 is 0 Å². The van der Waals surface area contributed by atoms with E-state index in [1.165, 1.54) is 16.8 Å². The van der Waals surface area contributed by atoms with E-state index in [2.05, 4.69) is 60.7 Å².